The molecule has 1 atom stereocenters. The van der Waals surface area contributed by atoms with E-state index in [1.54, 1.807) is 0 Å². The summed E-state index contributed by atoms with van der Waals surface area (Å²) in [6.45, 7) is 1.88. The first-order valence-electron chi connectivity index (χ1n) is 7.90. The van der Waals surface area contributed by atoms with Gasteiger partial charge < -0.3 is 10.3 Å². The third-order valence-electron chi connectivity index (χ3n) is 6.01. The molecule has 0 aliphatic heterocycles. The Morgan fingerprint density at radius 1 is 1.30 bits per heavy atom. The van der Waals surface area contributed by atoms with Crippen LogP contribution in [0.5, 0.6) is 0 Å². The Kier molecular flexibility index (Phi) is 2.54. The van der Waals surface area contributed by atoms with Crippen molar-refractivity contribution in [1.82, 2.24) is 9.55 Å². The first-order chi connectivity index (χ1) is 9.57. The van der Waals surface area contributed by atoms with Gasteiger partial charge in [0.1, 0.15) is 11.9 Å². The highest BCUT2D eigenvalue weighted by atomic mass is 16.1. The van der Waals surface area contributed by atoms with Crippen LogP contribution >= 0.6 is 0 Å². The van der Waals surface area contributed by atoms with Gasteiger partial charge in [-0.05, 0) is 63.2 Å². The highest BCUT2D eigenvalue weighted by Gasteiger charge is 2.53. The molecule has 4 nitrogen and oxygen atoms in total. The Labute approximate surface area is 119 Å². The second-order valence-corrected chi connectivity index (χ2v) is 7.43. The minimum atomic E-state index is -0.291. The van der Waals surface area contributed by atoms with E-state index >= 15 is 0 Å². The van der Waals surface area contributed by atoms with E-state index in [1.165, 1.54) is 38.5 Å². The third kappa shape index (κ3) is 1.66. The van der Waals surface area contributed by atoms with Crippen molar-refractivity contribution in [3.63, 3.8) is 0 Å². The van der Waals surface area contributed by atoms with Crippen molar-refractivity contribution in [3.05, 3.63) is 18.2 Å². The number of aromatic nitrogens is 2. The zero-order valence-corrected chi connectivity index (χ0v) is 12.1. The molecule has 20 heavy (non-hydrogen) atoms. The molecule has 4 fully saturated rings. The molecule has 4 heteroatoms. The van der Waals surface area contributed by atoms with Crippen molar-refractivity contribution in [2.24, 2.45) is 23.5 Å². The molecule has 0 aromatic carbocycles. The molecule has 0 radical (unpaired) electrons. The number of carbonyl (C=O) groups is 1. The van der Waals surface area contributed by atoms with Gasteiger partial charge in [0.25, 0.3) is 0 Å². The van der Waals surface area contributed by atoms with Gasteiger partial charge in [0, 0.05) is 17.8 Å². The monoisotopic (exact) mass is 273 g/mol. The third-order valence-corrected chi connectivity index (χ3v) is 6.01. The van der Waals surface area contributed by atoms with E-state index in [2.05, 4.69) is 4.98 Å². The second kappa shape index (κ2) is 4.09. The van der Waals surface area contributed by atoms with Crippen molar-refractivity contribution < 1.29 is 4.79 Å². The van der Waals surface area contributed by atoms with Crippen LogP contribution in [0.3, 0.4) is 0 Å². The van der Waals surface area contributed by atoms with Crippen LogP contribution in [-0.4, -0.2) is 15.5 Å². The molecule has 4 saturated carbocycles. The summed E-state index contributed by atoms with van der Waals surface area (Å²) in [7, 11) is 0. The largest absolute Gasteiger partial charge is 0.368 e. The number of hydrogen-bond acceptors (Lipinski definition) is 2. The number of nitrogens with two attached hydrogens (primary N) is 1. The maximum atomic E-state index is 11.6. The molecular formula is C16H23N3O. The lowest BCUT2D eigenvalue weighted by Crippen LogP contribution is -2.50. The molecule has 4 aliphatic rings. The second-order valence-electron chi connectivity index (χ2n) is 7.43. The van der Waals surface area contributed by atoms with Gasteiger partial charge in [-0.3, -0.25) is 4.79 Å². The summed E-state index contributed by atoms with van der Waals surface area (Å²) < 4.78 is 2.04. The molecule has 1 aromatic rings. The zero-order chi connectivity index (χ0) is 13.9. The normalized spacial score (nSPS) is 40.0. The van der Waals surface area contributed by atoms with E-state index < -0.39 is 0 Å². The summed E-state index contributed by atoms with van der Waals surface area (Å²) in [4.78, 5) is 16.2. The van der Waals surface area contributed by atoms with Gasteiger partial charge in [-0.25, -0.2) is 4.98 Å². The van der Waals surface area contributed by atoms with Crippen LogP contribution in [0, 0.1) is 17.8 Å². The van der Waals surface area contributed by atoms with E-state index in [9.17, 15) is 4.79 Å². The Bertz CT molecular complexity index is 512. The van der Waals surface area contributed by atoms with E-state index in [-0.39, 0.29) is 17.4 Å². The van der Waals surface area contributed by atoms with Crippen molar-refractivity contribution in [2.45, 2.75) is 56.9 Å². The lowest BCUT2D eigenvalue weighted by atomic mass is 9.49. The van der Waals surface area contributed by atoms with Crippen LogP contribution in [-0.2, 0) is 10.2 Å². The van der Waals surface area contributed by atoms with Crippen LogP contribution in [0.2, 0.25) is 0 Å². The fourth-order valence-corrected chi connectivity index (χ4v) is 5.56. The first-order valence-corrected chi connectivity index (χ1v) is 7.90. The highest BCUT2D eigenvalue weighted by molar-refractivity contribution is 5.78. The Balaban J connectivity index is 1.74. The number of imidazole rings is 1. The van der Waals surface area contributed by atoms with Gasteiger partial charge in [-0.2, -0.15) is 0 Å². The lowest BCUT2D eigenvalue weighted by molar-refractivity contribution is -0.120. The predicted octanol–water partition coefficient (Wildman–Crippen LogP) is 2.40. The SMILES string of the molecule is CC(C(N)=O)n1ccnc1C12CC3CC(CC(C3)C1)C2. The molecule has 1 amide bonds. The standard InChI is InChI=1S/C16H23N3O/c1-10(14(17)20)19-3-2-18-15(19)16-7-11-4-12(8-16)6-13(5-11)9-16/h2-3,10-13H,4-9H2,1H3,(H2,17,20). The molecule has 108 valence electrons. The van der Waals surface area contributed by atoms with Gasteiger partial charge in [0.05, 0.1) is 0 Å². The Morgan fingerprint density at radius 3 is 2.35 bits per heavy atom. The average Bonchev–Trinajstić information content (AvgIpc) is 2.85. The number of amides is 1. The maximum absolute atomic E-state index is 11.6. The van der Waals surface area contributed by atoms with Crippen molar-refractivity contribution in [1.29, 1.82) is 0 Å². The molecule has 2 N–H and O–H groups in total. The molecule has 4 aliphatic carbocycles. The Hall–Kier alpha value is -1.32. The van der Waals surface area contributed by atoms with Crippen LogP contribution in [0.15, 0.2) is 12.4 Å². The quantitative estimate of drug-likeness (QED) is 0.919. The minimum absolute atomic E-state index is 0.224. The van der Waals surface area contributed by atoms with Gasteiger partial charge in [0.15, 0.2) is 0 Å². The van der Waals surface area contributed by atoms with Gasteiger partial charge in [-0.15, -0.1) is 0 Å². The molecule has 4 bridgehead atoms. The summed E-state index contributed by atoms with van der Waals surface area (Å²) in [5.74, 6) is 3.51. The van der Waals surface area contributed by atoms with Crippen molar-refractivity contribution in [2.75, 3.05) is 0 Å². The molecule has 1 heterocycles. The predicted molar refractivity (Wildman–Crippen MR) is 76.0 cm³/mol. The van der Waals surface area contributed by atoms with E-state index in [1.807, 2.05) is 23.9 Å². The number of hydrogen-bond donors (Lipinski definition) is 1. The van der Waals surface area contributed by atoms with Crippen LogP contribution in [0.1, 0.15) is 57.3 Å². The van der Waals surface area contributed by atoms with Crippen LogP contribution < -0.4 is 5.73 Å². The minimum Gasteiger partial charge on any atom is -0.368 e. The van der Waals surface area contributed by atoms with Crippen LogP contribution in [0.4, 0.5) is 0 Å². The van der Waals surface area contributed by atoms with Gasteiger partial charge >= 0.3 is 0 Å². The first kappa shape index (κ1) is 12.4. The van der Waals surface area contributed by atoms with E-state index in [0.29, 0.717) is 0 Å². The lowest BCUT2D eigenvalue weighted by Gasteiger charge is -2.56. The fraction of sp³-hybridized carbons (Fsp3) is 0.750. The van der Waals surface area contributed by atoms with Crippen molar-refractivity contribution in [3.8, 4) is 0 Å². The number of primary amides is 1. The summed E-state index contributed by atoms with van der Waals surface area (Å²) in [5, 5.41) is 0. The molecule has 5 rings (SSSR count). The van der Waals surface area contributed by atoms with Gasteiger partial charge in [-0.1, -0.05) is 0 Å². The summed E-state index contributed by atoms with van der Waals surface area (Å²) >= 11 is 0. The summed E-state index contributed by atoms with van der Waals surface area (Å²) in [5.41, 5.74) is 5.72. The fourth-order valence-electron chi connectivity index (χ4n) is 5.56. The average molecular weight is 273 g/mol. The number of rotatable bonds is 3. The van der Waals surface area contributed by atoms with E-state index in [4.69, 9.17) is 5.73 Å². The summed E-state index contributed by atoms with van der Waals surface area (Å²) in [6, 6.07) is -0.291. The van der Waals surface area contributed by atoms with Gasteiger partial charge in [0.2, 0.25) is 5.91 Å². The molecule has 0 saturated heterocycles. The smallest absolute Gasteiger partial charge is 0.240 e. The van der Waals surface area contributed by atoms with Crippen LogP contribution in [0.25, 0.3) is 0 Å². The van der Waals surface area contributed by atoms with E-state index in [0.717, 1.165) is 23.6 Å². The molecule has 1 aromatic heterocycles. The van der Waals surface area contributed by atoms with Crippen molar-refractivity contribution >= 4 is 5.91 Å². The number of nitrogens with zero attached hydrogens (tertiary/aromatic N) is 2. The topological polar surface area (TPSA) is 60.9 Å². The molecule has 0 spiro atoms. The Morgan fingerprint density at radius 2 is 1.85 bits per heavy atom. The molecular weight excluding hydrogens is 250 g/mol. The maximum Gasteiger partial charge on any atom is 0.240 e. The number of carbonyl (C=O) groups excluding carboxylic acids is 1. The molecule has 1 unspecified atom stereocenters. The highest BCUT2D eigenvalue weighted by Crippen LogP contribution is 2.60. The summed E-state index contributed by atoms with van der Waals surface area (Å²) in [6.07, 6.45) is 11.8. The zero-order valence-electron chi connectivity index (χ0n) is 12.1.